The number of carbonyl (C=O) groups excluding carboxylic acids is 6. The van der Waals surface area contributed by atoms with Gasteiger partial charge in [0.05, 0.1) is 35.0 Å². The Balaban J connectivity index is 1.75. The average molecular weight is 790 g/mol. The minimum absolute atomic E-state index is 0.199. The quantitative estimate of drug-likeness (QED) is 0.106. The van der Waals surface area contributed by atoms with E-state index in [9.17, 15) is 28.8 Å². The summed E-state index contributed by atoms with van der Waals surface area (Å²) >= 11 is 0. The Morgan fingerprint density at radius 1 is 0.625 bits per heavy atom. The second-order valence-corrected chi connectivity index (χ2v) is 20.2. The summed E-state index contributed by atoms with van der Waals surface area (Å²) in [7, 11) is 0. The van der Waals surface area contributed by atoms with E-state index in [1.165, 1.54) is 19.9 Å². The summed E-state index contributed by atoms with van der Waals surface area (Å²) in [6.45, 7) is 26.4. The predicted octanol–water partition coefficient (Wildman–Crippen LogP) is 6.75. The molecule has 1 N–H and O–H groups in total. The summed E-state index contributed by atoms with van der Waals surface area (Å²) in [6, 6.07) is 0. The van der Waals surface area contributed by atoms with E-state index < -0.39 is 88.4 Å². The second-order valence-electron chi connectivity index (χ2n) is 20.2. The van der Waals surface area contributed by atoms with E-state index in [2.05, 4.69) is 33.0 Å². The number of hydrogen-bond acceptors (Lipinski definition) is 13. The van der Waals surface area contributed by atoms with Gasteiger partial charge in [-0.1, -0.05) is 0 Å². The Labute approximate surface area is 335 Å². The molecule has 0 radical (unpaired) electrons. The highest BCUT2D eigenvalue weighted by molar-refractivity contribution is 6.01. The molecule has 0 aliphatic carbocycles. The molecule has 0 spiro atoms. The molecule has 0 bridgehead atoms. The van der Waals surface area contributed by atoms with Crippen molar-refractivity contribution in [3.63, 3.8) is 0 Å². The predicted molar refractivity (Wildman–Crippen MR) is 211 cm³/mol. The van der Waals surface area contributed by atoms with Crippen LogP contribution in [0.3, 0.4) is 0 Å². The third kappa shape index (κ3) is 12.7. The van der Waals surface area contributed by atoms with E-state index in [1.54, 1.807) is 16.2 Å². The maximum atomic E-state index is 13.8. The minimum Gasteiger partial charge on any atom is -0.461 e. The number of nitrogens with zero attached hydrogens (tertiary/aromatic N) is 2. The fourth-order valence-corrected chi connectivity index (χ4v) is 9.41. The zero-order valence-corrected chi connectivity index (χ0v) is 36.7. The van der Waals surface area contributed by atoms with E-state index in [-0.39, 0.29) is 23.6 Å². The van der Waals surface area contributed by atoms with E-state index >= 15 is 0 Å². The highest BCUT2D eigenvalue weighted by Gasteiger charge is 2.47. The van der Waals surface area contributed by atoms with Crippen molar-refractivity contribution in [1.29, 1.82) is 0 Å². The maximum Gasteiger partial charge on any atom is 0.326 e. The number of rotatable bonds is 15. The highest BCUT2D eigenvalue weighted by Crippen LogP contribution is 2.40. The van der Waals surface area contributed by atoms with Crippen LogP contribution in [0.2, 0.25) is 0 Å². The molecule has 0 saturated carbocycles. The molecule has 13 nitrogen and oxygen atoms in total. The topological polar surface area (TPSA) is 158 Å². The van der Waals surface area contributed by atoms with Crippen LogP contribution in [0.1, 0.15) is 161 Å². The number of nitrogens with one attached hydrogen (secondary N) is 1. The Morgan fingerprint density at radius 3 is 1.38 bits per heavy atom. The fraction of sp³-hybridized carbons (Fsp3) is 0.814. The number of Topliss-reactive ketones (excluding diaryl/α,β-unsaturated/α-hetero) is 2. The van der Waals surface area contributed by atoms with Gasteiger partial charge >= 0.3 is 23.9 Å². The van der Waals surface area contributed by atoms with Crippen molar-refractivity contribution < 1.29 is 47.9 Å². The molecule has 0 aromatic heterocycles. The smallest absolute Gasteiger partial charge is 0.326 e. The van der Waals surface area contributed by atoms with Crippen LogP contribution in [-0.2, 0) is 47.9 Å². The van der Waals surface area contributed by atoms with Crippen molar-refractivity contribution in [2.24, 2.45) is 17.8 Å². The monoisotopic (exact) mass is 790 g/mol. The minimum atomic E-state index is -1.38. The van der Waals surface area contributed by atoms with E-state index in [0.29, 0.717) is 12.8 Å². The number of esters is 2. The van der Waals surface area contributed by atoms with Crippen molar-refractivity contribution in [2.45, 2.75) is 200 Å². The molecule has 13 heteroatoms. The number of ether oxygens (including phenoxy) is 2. The van der Waals surface area contributed by atoms with Crippen molar-refractivity contribution in [3.05, 3.63) is 12.2 Å². The SMILES string of the molecule is CC(=O)C(CC(=O)ON1C(C)(C)CCCC1(C)C)C(=O)OCC=CC(OC(=O)C(CC(=O)ON1C(C)(C)CCCC1(C)C)C(C)=O)C1CC(C)(C)NC(C)(C)C1. The summed E-state index contributed by atoms with van der Waals surface area (Å²) in [6.07, 6.45) is 7.87. The molecule has 0 aromatic carbocycles. The molecule has 3 unspecified atom stereocenters. The van der Waals surface area contributed by atoms with Crippen molar-refractivity contribution >= 4 is 35.4 Å². The molecule has 3 aliphatic heterocycles. The van der Waals surface area contributed by atoms with Gasteiger partial charge in [0.1, 0.15) is 36.1 Å². The Kier molecular flexibility index (Phi) is 15.0. The molecule has 3 saturated heterocycles. The third-order valence-corrected chi connectivity index (χ3v) is 11.6. The van der Waals surface area contributed by atoms with Gasteiger partial charge in [0.2, 0.25) is 0 Å². The molecule has 3 aliphatic rings. The van der Waals surface area contributed by atoms with Gasteiger partial charge in [0, 0.05) is 17.0 Å². The zero-order valence-electron chi connectivity index (χ0n) is 36.7. The summed E-state index contributed by atoms with van der Waals surface area (Å²) in [5, 5.41) is 6.99. The Bertz CT molecular complexity index is 1460. The lowest BCUT2D eigenvalue weighted by molar-refractivity contribution is -0.266. The molecule has 0 amide bonds. The Morgan fingerprint density at radius 2 is 1.00 bits per heavy atom. The average Bonchev–Trinajstić information content (AvgIpc) is 3.01. The standard InChI is InChI=1S/C43H71N3O10/c1-28(47)31(24-34(49)55-45-40(7,8)19-16-20-41(45,9)10)36(51)53-23-15-18-33(30-26-38(3,4)44-39(5,6)27-30)54-37(52)32(29(2)48)25-35(50)56-46-42(11,12)21-17-22-43(46,13)14/h15,18,30-33,44H,16-17,19-27H2,1-14H3. The molecule has 3 rings (SSSR count). The van der Waals surface area contributed by atoms with Gasteiger partial charge in [-0.2, -0.15) is 0 Å². The largest absolute Gasteiger partial charge is 0.461 e. The van der Waals surface area contributed by atoms with Crippen molar-refractivity contribution in [1.82, 2.24) is 15.4 Å². The summed E-state index contributed by atoms with van der Waals surface area (Å²) in [5.74, 6) is -7.10. The lowest BCUT2D eigenvalue weighted by Gasteiger charge is -2.50. The first kappa shape index (κ1) is 47.2. The van der Waals surface area contributed by atoms with Crippen molar-refractivity contribution in [2.75, 3.05) is 6.61 Å². The van der Waals surface area contributed by atoms with Crippen LogP contribution in [-0.4, -0.2) is 91.5 Å². The number of ketones is 2. The maximum absolute atomic E-state index is 13.8. The molecule has 56 heavy (non-hydrogen) atoms. The fourth-order valence-electron chi connectivity index (χ4n) is 9.41. The third-order valence-electron chi connectivity index (χ3n) is 11.6. The van der Waals surface area contributed by atoms with Gasteiger partial charge in [-0.25, -0.2) is 0 Å². The lowest BCUT2D eigenvalue weighted by atomic mass is 9.73. The van der Waals surface area contributed by atoms with E-state index in [1.807, 2.05) is 55.4 Å². The molecule has 3 heterocycles. The van der Waals surface area contributed by atoms with Gasteiger partial charge in [0.15, 0.2) is 0 Å². The number of hydrogen-bond donors (Lipinski definition) is 1. The molecule has 318 valence electrons. The first-order valence-corrected chi connectivity index (χ1v) is 20.3. The van der Waals surface area contributed by atoms with Crippen LogP contribution >= 0.6 is 0 Å². The van der Waals surface area contributed by atoms with E-state index in [4.69, 9.17) is 19.1 Å². The van der Waals surface area contributed by atoms with Crippen LogP contribution in [0.5, 0.6) is 0 Å². The van der Waals surface area contributed by atoms with Gasteiger partial charge in [-0.05, 0) is 160 Å². The molecular formula is C43H71N3O10. The second kappa shape index (κ2) is 17.8. The Hall–Kier alpha value is -3.16. The van der Waals surface area contributed by atoms with Crippen LogP contribution in [0.25, 0.3) is 0 Å². The lowest BCUT2D eigenvalue weighted by Crippen LogP contribution is -2.59. The molecule has 3 atom stereocenters. The molecule has 0 aromatic rings. The number of piperidine rings is 3. The van der Waals surface area contributed by atoms with Crippen molar-refractivity contribution in [3.8, 4) is 0 Å². The van der Waals surface area contributed by atoms with Crippen LogP contribution in [0.4, 0.5) is 0 Å². The summed E-state index contributed by atoms with van der Waals surface area (Å²) in [4.78, 5) is 90.4. The number of hydroxylamine groups is 4. The van der Waals surface area contributed by atoms with Gasteiger partial charge < -0.3 is 24.5 Å². The molecule has 3 fully saturated rings. The summed E-state index contributed by atoms with van der Waals surface area (Å²) < 4.78 is 11.5. The zero-order chi connectivity index (χ0) is 42.7. The van der Waals surface area contributed by atoms with Crippen LogP contribution < -0.4 is 5.32 Å². The molecular weight excluding hydrogens is 718 g/mol. The highest BCUT2D eigenvalue weighted by atomic mass is 16.7. The normalized spacial score (nSPS) is 24.6. The first-order valence-electron chi connectivity index (χ1n) is 20.3. The first-order chi connectivity index (χ1) is 25.5. The van der Waals surface area contributed by atoms with Crippen LogP contribution in [0, 0.1) is 17.8 Å². The number of carbonyl (C=O) groups is 6. The van der Waals surface area contributed by atoms with Gasteiger partial charge in [-0.15, -0.1) is 10.1 Å². The van der Waals surface area contributed by atoms with Gasteiger partial charge in [0.25, 0.3) is 0 Å². The van der Waals surface area contributed by atoms with E-state index in [0.717, 1.165) is 38.5 Å². The van der Waals surface area contributed by atoms with Crippen LogP contribution in [0.15, 0.2) is 12.2 Å². The summed E-state index contributed by atoms with van der Waals surface area (Å²) in [5.41, 5.74) is -2.32. The van der Waals surface area contributed by atoms with Gasteiger partial charge in [-0.3, -0.25) is 28.8 Å².